The van der Waals surface area contributed by atoms with E-state index in [0.717, 1.165) is 27.4 Å². The molecule has 1 aliphatic rings. The minimum atomic E-state index is -2.30. The molecule has 0 unspecified atom stereocenters. The second kappa shape index (κ2) is 3.41. The largest absolute Gasteiger partial charge is 0.343 e. The van der Waals surface area contributed by atoms with Crippen LogP contribution in [0.15, 0.2) is 23.2 Å². The van der Waals surface area contributed by atoms with Gasteiger partial charge in [0.2, 0.25) is 0 Å². The number of benzene rings is 1. The van der Waals surface area contributed by atoms with Gasteiger partial charge in [0.05, 0.1) is 5.69 Å². The highest BCUT2D eigenvalue weighted by molar-refractivity contribution is 7.20. The average Bonchev–Trinajstić information content (AvgIpc) is 2.64. The van der Waals surface area contributed by atoms with Gasteiger partial charge in [0.15, 0.2) is 0 Å². The van der Waals surface area contributed by atoms with Crippen LogP contribution in [0.25, 0.3) is 10.1 Å². The van der Waals surface area contributed by atoms with Crippen LogP contribution >= 0.6 is 22.9 Å². The first-order chi connectivity index (χ1) is 7.99. The molecule has 88 valence electrons. The minimum Gasteiger partial charge on any atom is -0.343 e. The molecule has 0 bridgehead atoms. The van der Waals surface area contributed by atoms with Crippen LogP contribution in [0.5, 0.6) is 0 Å². The molecule has 0 radical (unpaired) electrons. The Bertz CT molecular complexity index is 638. The van der Waals surface area contributed by atoms with E-state index in [0.29, 0.717) is 16.1 Å². The fraction of sp³-hybridized carbons (Fsp3) is 0.100. The van der Waals surface area contributed by atoms with E-state index in [1.54, 1.807) is 18.2 Å². The molecule has 7 heteroatoms. The molecule has 0 atom stereocenters. The number of nitrogens with zero attached hydrogens (tertiary/aromatic N) is 2. The minimum absolute atomic E-state index is 0.166. The van der Waals surface area contributed by atoms with E-state index in [1.165, 1.54) is 0 Å². The smallest absolute Gasteiger partial charge is 0.306 e. The molecule has 0 saturated heterocycles. The Morgan fingerprint density at radius 1 is 1.35 bits per heavy atom. The Hall–Kier alpha value is -1.18. The van der Waals surface area contributed by atoms with Gasteiger partial charge in [-0.25, -0.2) is 10.1 Å². The van der Waals surface area contributed by atoms with Crippen molar-refractivity contribution in [1.29, 1.82) is 0 Å². The molecule has 0 amide bonds. The molecule has 1 aromatic carbocycles. The Balaban J connectivity index is 2.39. The zero-order valence-electron chi connectivity index (χ0n) is 8.33. The van der Waals surface area contributed by atoms with Crippen LogP contribution in [0, 0.1) is 0 Å². The SMILES string of the molecule is ON1C=NC(O)(O)c2sc3ccc(Cl)cc3c21. The van der Waals surface area contributed by atoms with Crippen LogP contribution in [0.4, 0.5) is 5.69 Å². The van der Waals surface area contributed by atoms with Crippen LogP contribution < -0.4 is 5.06 Å². The molecule has 1 aliphatic heterocycles. The van der Waals surface area contributed by atoms with Gasteiger partial charge in [-0.2, -0.15) is 0 Å². The molecule has 1 aromatic heterocycles. The number of hydroxylamine groups is 1. The van der Waals surface area contributed by atoms with E-state index >= 15 is 0 Å². The summed E-state index contributed by atoms with van der Waals surface area (Å²) in [6.07, 6.45) is 0.954. The summed E-state index contributed by atoms with van der Waals surface area (Å²) in [4.78, 5) is 3.61. The van der Waals surface area contributed by atoms with E-state index in [-0.39, 0.29) is 4.88 Å². The lowest BCUT2D eigenvalue weighted by Crippen LogP contribution is -2.31. The maximum atomic E-state index is 9.71. The number of halogens is 1. The second-order valence-electron chi connectivity index (χ2n) is 3.64. The number of aliphatic imine (C=N–C) groups is 1. The van der Waals surface area contributed by atoms with E-state index in [1.807, 2.05) is 0 Å². The van der Waals surface area contributed by atoms with Gasteiger partial charge in [0.25, 0.3) is 0 Å². The van der Waals surface area contributed by atoms with Gasteiger partial charge < -0.3 is 10.2 Å². The molecule has 5 nitrogen and oxygen atoms in total. The highest BCUT2D eigenvalue weighted by Gasteiger charge is 2.36. The highest BCUT2D eigenvalue weighted by Crippen LogP contribution is 2.45. The first-order valence-corrected chi connectivity index (χ1v) is 5.89. The zero-order chi connectivity index (χ0) is 12.2. The molecule has 17 heavy (non-hydrogen) atoms. The fourth-order valence-electron chi connectivity index (χ4n) is 1.76. The van der Waals surface area contributed by atoms with Crippen molar-refractivity contribution in [3.05, 3.63) is 28.1 Å². The molecule has 3 N–H and O–H groups in total. The standard InChI is InChI=1S/C10H7ClN2O3S/c11-5-1-2-7-6(3-5)8-9(17-7)10(14,15)12-4-13(8)16/h1-4,14-16H. The first kappa shape index (κ1) is 10.9. The maximum absolute atomic E-state index is 9.71. The Morgan fingerprint density at radius 2 is 2.12 bits per heavy atom. The highest BCUT2D eigenvalue weighted by atomic mass is 35.5. The van der Waals surface area contributed by atoms with Crippen LogP contribution in [0.1, 0.15) is 4.88 Å². The third-order valence-corrected chi connectivity index (χ3v) is 3.99. The summed E-state index contributed by atoms with van der Waals surface area (Å²) in [5.74, 6) is -2.30. The molecule has 2 aromatic rings. The number of thiophene rings is 1. The van der Waals surface area contributed by atoms with Gasteiger partial charge in [-0.15, -0.1) is 11.3 Å². The van der Waals surface area contributed by atoms with Crippen LogP contribution in [-0.2, 0) is 5.91 Å². The average molecular weight is 271 g/mol. The number of anilines is 1. The molecular weight excluding hydrogens is 264 g/mol. The van der Waals surface area contributed by atoms with Crippen molar-refractivity contribution >= 4 is 45.0 Å². The summed E-state index contributed by atoms with van der Waals surface area (Å²) < 4.78 is 0.788. The lowest BCUT2D eigenvalue weighted by molar-refractivity contribution is -0.159. The molecule has 0 spiro atoms. The fourth-order valence-corrected chi connectivity index (χ4v) is 3.05. The molecule has 3 rings (SSSR count). The zero-order valence-corrected chi connectivity index (χ0v) is 9.90. The molecule has 0 saturated carbocycles. The Kier molecular flexibility index (Phi) is 2.19. The lowest BCUT2D eigenvalue weighted by Gasteiger charge is -2.24. The van der Waals surface area contributed by atoms with Crippen molar-refractivity contribution in [2.45, 2.75) is 5.91 Å². The summed E-state index contributed by atoms with van der Waals surface area (Å²) >= 11 is 7.03. The monoisotopic (exact) mass is 270 g/mol. The quantitative estimate of drug-likeness (QED) is 0.639. The number of rotatable bonds is 0. The van der Waals surface area contributed by atoms with Gasteiger partial charge in [0.1, 0.15) is 11.2 Å². The van der Waals surface area contributed by atoms with Crippen molar-refractivity contribution in [2.75, 3.05) is 5.06 Å². The summed E-state index contributed by atoms with van der Waals surface area (Å²) in [5, 5.41) is 31.0. The van der Waals surface area contributed by atoms with Crippen molar-refractivity contribution < 1.29 is 15.4 Å². The van der Waals surface area contributed by atoms with Crippen molar-refractivity contribution in [3.63, 3.8) is 0 Å². The Morgan fingerprint density at radius 3 is 2.88 bits per heavy atom. The van der Waals surface area contributed by atoms with E-state index in [4.69, 9.17) is 11.6 Å². The number of hydrogen-bond acceptors (Lipinski definition) is 6. The van der Waals surface area contributed by atoms with Gasteiger partial charge in [0, 0.05) is 15.1 Å². The lowest BCUT2D eigenvalue weighted by atomic mass is 10.2. The second-order valence-corrected chi connectivity index (χ2v) is 5.13. The van der Waals surface area contributed by atoms with Gasteiger partial charge in [-0.1, -0.05) is 11.6 Å². The van der Waals surface area contributed by atoms with Crippen molar-refractivity contribution in [1.82, 2.24) is 0 Å². The number of hydrogen-bond donors (Lipinski definition) is 3. The summed E-state index contributed by atoms with van der Waals surface area (Å²) in [7, 11) is 0. The third kappa shape index (κ3) is 1.54. The van der Waals surface area contributed by atoms with Crippen molar-refractivity contribution in [3.8, 4) is 0 Å². The summed E-state index contributed by atoms with van der Waals surface area (Å²) in [6.45, 7) is 0. The normalized spacial score (nSPS) is 17.5. The topological polar surface area (TPSA) is 76.3 Å². The third-order valence-electron chi connectivity index (χ3n) is 2.50. The van der Waals surface area contributed by atoms with E-state index in [2.05, 4.69) is 4.99 Å². The number of fused-ring (bicyclic) bond motifs is 3. The van der Waals surface area contributed by atoms with Gasteiger partial charge >= 0.3 is 5.91 Å². The molecule has 0 aliphatic carbocycles. The van der Waals surface area contributed by atoms with E-state index in [9.17, 15) is 15.4 Å². The maximum Gasteiger partial charge on any atom is 0.306 e. The van der Waals surface area contributed by atoms with Gasteiger partial charge in [-0.05, 0) is 18.2 Å². The molecule has 2 heterocycles. The van der Waals surface area contributed by atoms with Crippen LogP contribution in [0.3, 0.4) is 0 Å². The number of aliphatic hydroxyl groups is 2. The predicted octanol–water partition coefficient (Wildman–Crippen LogP) is 1.89. The van der Waals surface area contributed by atoms with Gasteiger partial charge in [-0.3, -0.25) is 5.21 Å². The Labute approximate surface area is 105 Å². The van der Waals surface area contributed by atoms with Crippen LogP contribution in [0.2, 0.25) is 5.02 Å². The predicted molar refractivity (Wildman–Crippen MR) is 65.7 cm³/mol. The summed E-state index contributed by atoms with van der Waals surface area (Å²) in [6, 6.07) is 5.11. The first-order valence-electron chi connectivity index (χ1n) is 4.70. The van der Waals surface area contributed by atoms with Crippen molar-refractivity contribution in [2.24, 2.45) is 4.99 Å². The molecular formula is C10H7ClN2O3S. The van der Waals surface area contributed by atoms with E-state index < -0.39 is 5.91 Å². The molecule has 0 fully saturated rings. The summed E-state index contributed by atoms with van der Waals surface area (Å²) in [5.41, 5.74) is 0.299. The van der Waals surface area contributed by atoms with Crippen LogP contribution in [-0.4, -0.2) is 21.8 Å².